The minimum Gasteiger partial charge on any atom is -0.493 e. The molecule has 0 fully saturated rings. The van der Waals surface area contributed by atoms with E-state index in [0.29, 0.717) is 12.2 Å². The maximum absolute atomic E-state index is 14.4. The Balaban J connectivity index is 2.05. The van der Waals surface area contributed by atoms with Gasteiger partial charge in [-0.2, -0.15) is 0 Å². The number of nitrogens with two attached hydrogens (primary N) is 1. The molecule has 110 valence electrons. The molecule has 0 amide bonds. The van der Waals surface area contributed by atoms with Crippen molar-refractivity contribution in [3.63, 3.8) is 0 Å². The number of halogens is 1. The van der Waals surface area contributed by atoms with E-state index in [4.69, 9.17) is 10.6 Å². The van der Waals surface area contributed by atoms with Crippen LogP contribution in [-0.4, -0.2) is 6.61 Å². The highest BCUT2D eigenvalue weighted by Gasteiger charge is 2.33. The molecule has 0 aliphatic carbocycles. The van der Waals surface area contributed by atoms with Gasteiger partial charge in [-0.3, -0.25) is 11.3 Å². The first-order chi connectivity index (χ1) is 10.1. The van der Waals surface area contributed by atoms with Crippen molar-refractivity contribution >= 4 is 0 Å². The van der Waals surface area contributed by atoms with Crippen LogP contribution in [-0.2, 0) is 0 Å². The van der Waals surface area contributed by atoms with Gasteiger partial charge >= 0.3 is 0 Å². The first-order valence-corrected chi connectivity index (χ1v) is 7.06. The Kier molecular flexibility index (Phi) is 3.66. The van der Waals surface area contributed by atoms with Gasteiger partial charge in [-0.1, -0.05) is 24.3 Å². The Bertz CT molecular complexity index is 649. The number of ether oxygens (including phenoxy) is 1. The van der Waals surface area contributed by atoms with E-state index in [2.05, 4.69) is 5.43 Å². The molecular formula is C17H19FN2O. The summed E-state index contributed by atoms with van der Waals surface area (Å²) in [6, 6.07) is 11.1. The lowest BCUT2D eigenvalue weighted by molar-refractivity contribution is 0.297. The zero-order chi connectivity index (χ0) is 15.0. The molecule has 1 aliphatic heterocycles. The molecule has 3 N–H and O–H groups in total. The number of nitrogens with one attached hydrogen (secondary N) is 1. The summed E-state index contributed by atoms with van der Waals surface area (Å²) in [5.74, 6) is 6.38. The van der Waals surface area contributed by atoms with Crippen LogP contribution in [0.2, 0.25) is 0 Å². The monoisotopic (exact) mass is 286 g/mol. The molecule has 0 aromatic heterocycles. The first kappa shape index (κ1) is 14.0. The van der Waals surface area contributed by atoms with Gasteiger partial charge in [0.1, 0.15) is 11.6 Å². The standard InChI is InChI=1S/C17H19FN2O/c1-10-7-11(2)16(14(18)8-10)17(20-19)13-9-21-15-6-4-3-5-12(13)15/h3-8,13,17,20H,9,19H2,1-2H3. The SMILES string of the molecule is Cc1cc(C)c(C(NN)C2COc3ccccc32)c(F)c1. The van der Waals surface area contributed by atoms with Crippen molar-refractivity contribution in [2.45, 2.75) is 25.8 Å². The average molecular weight is 286 g/mol. The molecule has 3 nitrogen and oxygen atoms in total. The molecule has 2 unspecified atom stereocenters. The van der Waals surface area contributed by atoms with E-state index in [9.17, 15) is 4.39 Å². The highest BCUT2D eigenvalue weighted by molar-refractivity contribution is 5.44. The molecule has 0 saturated carbocycles. The summed E-state index contributed by atoms with van der Waals surface area (Å²) in [7, 11) is 0. The van der Waals surface area contributed by atoms with Crippen LogP contribution < -0.4 is 16.0 Å². The molecule has 0 bridgehead atoms. The Morgan fingerprint density at radius 3 is 2.76 bits per heavy atom. The van der Waals surface area contributed by atoms with E-state index >= 15 is 0 Å². The van der Waals surface area contributed by atoms with Gasteiger partial charge in [-0.05, 0) is 37.1 Å². The maximum atomic E-state index is 14.4. The van der Waals surface area contributed by atoms with Crippen LogP contribution in [0, 0.1) is 19.7 Å². The summed E-state index contributed by atoms with van der Waals surface area (Å²) in [4.78, 5) is 0. The van der Waals surface area contributed by atoms with E-state index in [1.54, 1.807) is 6.07 Å². The fraction of sp³-hybridized carbons (Fsp3) is 0.294. The van der Waals surface area contributed by atoms with Gasteiger partial charge < -0.3 is 4.74 Å². The number of hydrazine groups is 1. The lowest BCUT2D eigenvalue weighted by atomic mass is 9.86. The number of hydrogen-bond acceptors (Lipinski definition) is 3. The van der Waals surface area contributed by atoms with E-state index < -0.39 is 0 Å². The minimum absolute atomic E-state index is 0.00195. The molecule has 4 heteroatoms. The van der Waals surface area contributed by atoms with Crippen molar-refractivity contribution in [3.8, 4) is 5.75 Å². The number of aryl methyl sites for hydroxylation is 2. The second kappa shape index (κ2) is 5.47. The Hall–Kier alpha value is -1.91. The minimum atomic E-state index is -0.311. The molecule has 0 saturated heterocycles. The van der Waals surface area contributed by atoms with Gasteiger partial charge in [0.05, 0.1) is 12.6 Å². The van der Waals surface area contributed by atoms with Gasteiger partial charge in [-0.25, -0.2) is 4.39 Å². The molecule has 0 spiro atoms. The van der Waals surface area contributed by atoms with Gasteiger partial charge in [-0.15, -0.1) is 0 Å². The van der Waals surface area contributed by atoms with Crippen LogP contribution >= 0.6 is 0 Å². The van der Waals surface area contributed by atoms with Crippen molar-refractivity contribution in [1.82, 2.24) is 5.43 Å². The lowest BCUT2D eigenvalue weighted by Crippen LogP contribution is -2.34. The van der Waals surface area contributed by atoms with Crippen molar-refractivity contribution in [1.29, 1.82) is 0 Å². The fourth-order valence-electron chi connectivity index (χ4n) is 3.18. The number of fused-ring (bicyclic) bond motifs is 1. The molecule has 1 heterocycles. The van der Waals surface area contributed by atoms with Crippen LogP contribution in [0.1, 0.15) is 34.2 Å². The van der Waals surface area contributed by atoms with Crippen LogP contribution in [0.4, 0.5) is 4.39 Å². The summed E-state index contributed by atoms with van der Waals surface area (Å²) in [5.41, 5.74) is 6.28. The Morgan fingerprint density at radius 2 is 2.05 bits per heavy atom. The van der Waals surface area contributed by atoms with Crippen LogP contribution in [0.25, 0.3) is 0 Å². The fourth-order valence-corrected chi connectivity index (χ4v) is 3.18. The molecule has 3 rings (SSSR count). The van der Waals surface area contributed by atoms with Crippen molar-refractivity contribution in [3.05, 3.63) is 64.5 Å². The smallest absolute Gasteiger partial charge is 0.128 e. The predicted octanol–water partition coefficient (Wildman–Crippen LogP) is 3.12. The van der Waals surface area contributed by atoms with Gasteiger partial charge in [0.2, 0.25) is 0 Å². The van der Waals surface area contributed by atoms with Crippen molar-refractivity contribution in [2.24, 2.45) is 5.84 Å². The van der Waals surface area contributed by atoms with Gasteiger partial charge in [0, 0.05) is 17.0 Å². The van der Waals surface area contributed by atoms with E-state index in [0.717, 1.165) is 22.4 Å². The molecular weight excluding hydrogens is 267 g/mol. The number of hydrogen-bond donors (Lipinski definition) is 2. The first-order valence-electron chi connectivity index (χ1n) is 7.06. The normalized spacial score (nSPS) is 18.2. The van der Waals surface area contributed by atoms with E-state index in [-0.39, 0.29) is 17.8 Å². The molecule has 1 aliphatic rings. The second-order valence-corrected chi connectivity index (χ2v) is 5.58. The third-order valence-corrected chi connectivity index (χ3v) is 4.11. The summed E-state index contributed by atoms with van der Waals surface area (Å²) in [6.45, 7) is 4.30. The zero-order valence-electron chi connectivity index (χ0n) is 12.2. The lowest BCUT2D eigenvalue weighted by Gasteiger charge is -2.25. The topological polar surface area (TPSA) is 47.3 Å². The zero-order valence-corrected chi connectivity index (χ0v) is 12.2. The molecule has 2 aromatic carbocycles. The van der Waals surface area contributed by atoms with Crippen molar-refractivity contribution < 1.29 is 9.13 Å². The molecule has 0 radical (unpaired) electrons. The summed E-state index contributed by atoms with van der Waals surface area (Å²) >= 11 is 0. The van der Waals surface area contributed by atoms with Gasteiger partial charge in [0.25, 0.3) is 0 Å². The summed E-state index contributed by atoms with van der Waals surface area (Å²) < 4.78 is 20.1. The Labute approximate surface area is 123 Å². The Morgan fingerprint density at radius 1 is 1.29 bits per heavy atom. The van der Waals surface area contributed by atoms with Crippen LogP contribution in [0.5, 0.6) is 5.75 Å². The van der Waals surface area contributed by atoms with Crippen LogP contribution in [0.3, 0.4) is 0 Å². The molecule has 21 heavy (non-hydrogen) atoms. The highest BCUT2D eigenvalue weighted by atomic mass is 19.1. The van der Waals surface area contributed by atoms with E-state index in [1.165, 1.54) is 0 Å². The maximum Gasteiger partial charge on any atom is 0.128 e. The number of para-hydroxylation sites is 1. The van der Waals surface area contributed by atoms with E-state index in [1.807, 2.05) is 44.2 Å². The summed E-state index contributed by atoms with van der Waals surface area (Å²) in [5, 5.41) is 0. The third kappa shape index (κ3) is 2.41. The van der Waals surface area contributed by atoms with Crippen LogP contribution in [0.15, 0.2) is 36.4 Å². The molecule has 2 aromatic rings. The summed E-state index contributed by atoms with van der Waals surface area (Å²) in [6.07, 6.45) is 0. The number of rotatable bonds is 3. The highest BCUT2D eigenvalue weighted by Crippen LogP contribution is 2.42. The predicted molar refractivity (Wildman–Crippen MR) is 80.6 cm³/mol. The van der Waals surface area contributed by atoms with Crippen molar-refractivity contribution in [2.75, 3.05) is 6.61 Å². The quantitative estimate of drug-likeness (QED) is 0.673. The second-order valence-electron chi connectivity index (χ2n) is 5.58. The molecule has 2 atom stereocenters. The van der Waals surface area contributed by atoms with Gasteiger partial charge in [0.15, 0.2) is 0 Å². The largest absolute Gasteiger partial charge is 0.493 e. The third-order valence-electron chi connectivity index (χ3n) is 4.11. The average Bonchev–Trinajstić information content (AvgIpc) is 2.86. The number of benzene rings is 2.